The van der Waals surface area contributed by atoms with E-state index in [9.17, 15) is 15.3 Å². The zero-order valence-electron chi connectivity index (χ0n) is 18.3. The van der Waals surface area contributed by atoms with E-state index in [0.717, 1.165) is 12.0 Å². The van der Waals surface area contributed by atoms with Gasteiger partial charge in [0.2, 0.25) is 0 Å². The summed E-state index contributed by atoms with van der Waals surface area (Å²) in [6.07, 6.45) is 4.51. The normalized spacial score (nSPS) is 10.2. The Labute approximate surface area is 187 Å². The van der Waals surface area contributed by atoms with Crippen molar-refractivity contribution in [2.45, 2.75) is 13.3 Å². The van der Waals surface area contributed by atoms with Gasteiger partial charge in [-0.3, -0.25) is 0 Å². The molecular formula is C26H26O6. The molecule has 0 aromatic heterocycles. The number of methoxy groups -OCH3 is 2. The smallest absolute Gasteiger partial charge is 0.170 e. The molecule has 0 aliphatic carbocycles. The van der Waals surface area contributed by atoms with E-state index in [1.54, 1.807) is 48.5 Å². The molecule has 166 valence electrons. The van der Waals surface area contributed by atoms with Gasteiger partial charge in [0.05, 0.1) is 19.8 Å². The molecule has 0 aliphatic rings. The molecule has 0 heterocycles. The van der Waals surface area contributed by atoms with Crippen molar-refractivity contribution in [3.63, 3.8) is 0 Å². The van der Waals surface area contributed by atoms with Crippen LogP contribution in [0.1, 0.15) is 13.3 Å². The van der Waals surface area contributed by atoms with Crippen molar-refractivity contribution in [1.82, 2.24) is 0 Å². The van der Waals surface area contributed by atoms with E-state index in [1.807, 2.05) is 13.0 Å². The molecule has 6 nitrogen and oxygen atoms in total. The molecule has 3 aromatic carbocycles. The standard InChI is InChI=1S/C26H26O6/c1-4-5-6-7-14-32-22-13-10-18(15-21(22)28)24-23(30-2)16-20(26(31-3)25(24)29)17-8-11-19(27)12-9-17/h5,7-13,15-16,27-29H,4,14H2,1-3H3. The predicted octanol–water partition coefficient (Wildman–Crippen LogP) is 5.65. The lowest BCUT2D eigenvalue weighted by molar-refractivity contribution is 0.336. The monoisotopic (exact) mass is 434 g/mol. The Bertz CT molecular complexity index is 1140. The fourth-order valence-corrected chi connectivity index (χ4v) is 3.30. The van der Waals surface area contributed by atoms with E-state index >= 15 is 0 Å². The first kappa shape index (κ1) is 22.7. The summed E-state index contributed by atoms with van der Waals surface area (Å²) in [6.45, 7) is 2.29. The molecule has 3 aromatic rings. The Morgan fingerprint density at radius 2 is 1.56 bits per heavy atom. The first-order valence-corrected chi connectivity index (χ1v) is 10.1. The molecule has 0 fully saturated rings. The summed E-state index contributed by atoms with van der Waals surface area (Å²) < 4.78 is 16.6. The maximum atomic E-state index is 11.1. The number of hydrogen-bond donors (Lipinski definition) is 3. The number of benzene rings is 3. The third-order valence-electron chi connectivity index (χ3n) is 4.83. The van der Waals surface area contributed by atoms with Gasteiger partial charge in [0.1, 0.15) is 18.1 Å². The van der Waals surface area contributed by atoms with Crippen LogP contribution in [0, 0.1) is 0 Å². The van der Waals surface area contributed by atoms with Gasteiger partial charge in [-0.05, 0) is 60.0 Å². The van der Waals surface area contributed by atoms with Crippen LogP contribution < -0.4 is 14.2 Å². The number of aromatic hydroxyl groups is 3. The van der Waals surface area contributed by atoms with Gasteiger partial charge in [0.25, 0.3) is 0 Å². The molecule has 32 heavy (non-hydrogen) atoms. The highest BCUT2D eigenvalue weighted by molar-refractivity contribution is 5.88. The van der Waals surface area contributed by atoms with Gasteiger partial charge in [0, 0.05) is 5.56 Å². The van der Waals surface area contributed by atoms with Crippen LogP contribution in [0.5, 0.6) is 34.5 Å². The Hall–Kier alpha value is -4.02. The van der Waals surface area contributed by atoms with E-state index in [2.05, 4.69) is 5.73 Å². The molecular weight excluding hydrogens is 408 g/mol. The molecule has 6 heteroatoms. The molecule has 0 saturated heterocycles. The summed E-state index contributed by atoms with van der Waals surface area (Å²) >= 11 is 0. The maximum Gasteiger partial charge on any atom is 0.170 e. The van der Waals surface area contributed by atoms with Gasteiger partial charge in [-0.2, -0.15) is 0 Å². The van der Waals surface area contributed by atoms with Gasteiger partial charge in [0.15, 0.2) is 23.0 Å². The average Bonchev–Trinajstić information content (AvgIpc) is 2.79. The van der Waals surface area contributed by atoms with Crippen LogP contribution in [0.4, 0.5) is 0 Å². The van der Waals surface area contributed by atoms with E-state index in [4.69, 9.17) is 14.2 Å². The van der Waals surface area contributed by atoms with Crippen molar-refractivity contribution in [2.24, 2.45) is 0 Å². The second kappa shape index (κ2) is 10.3. The van der Waals surface area contributed by atoms with Crippen LogP contribution in [-0.2, 0) is 0 Å². The minimum Gasteiger partial charge on any atom is -0.508 e. The lowest BCUT2D eigenvalue weighted by Crippen LogP contribution is -1.96. The molecule has 0 unspecified atom stereocenters. The van der Waals surface area contributed by atoms with Gasteiger partial charge in [-0.15, -0.1) is 5.73 Å². The highest BCUT2D eigenvalue weighted by Crippen LogP contribution is 2.50. The molecule has 0 atom stereocenters. The number of ether oxygens (including phenoxy) is 3. The topological polar surface area (TPSA) is 88.4 Å². The van der Waals surface area contributed by atoms with E-state index in [1.165, 1.54) is 20.3 Å². The Morgan fingerprint density at radius 3 is 2.19 bits per heavy atom. The molecule has 0 spiro atoms. The minimum absolute atomic E-state index is 0.0709. The van der Waals surface area contributed by atoms with Crippen molar-refractivity contribution in [2.75, 3.05) is 20.8 Å². The van der Waals surface area contributed by atoms with Gasteiger partial charge < -0.3 is 29.5 Å². The Morgan fingerprint density at radius 1 is 0.844 bits per heavy atom. The minimum atomic E-state index is -0.129. The zero-order valence-corrected chi connectivity index (χ0v) is 18.3. The SMILES string of the molecule is CCC=C=CCOc1ccc(-c2c(OC)cc(-c3ccc(O)cc3)c(OC)c2O)cc1O. The summed E-state index contributed by atoms with van der Waals surface area (Å²) in [6, 6.07) is 13.1. The highest BCUT2D eigenvalue weighted by atomic mass is 16.5. The molecule has 0 bridgehead atoms. The molecule has 3 N–H and O–H groups in total. The van der Waals surface area contributed by atoms with Crippen molar-refractivity contribution >= 4 is 0 Å². The van der Waals surface area contributed by atoms with Gasteiger partial charge in [-0.1, -0.05) is 25.1 Å². The quantitative estimate of drug-likeness (QED) is 0.397. The number of phenolic OH excluding ortho intramolecular Hbond substituents is 3. The van der Waals surface area contributed by atoms with Crippen LogP contribution >= 0.6 is 0 Å². The van der Waals surface area contributed by atoms with Gasteiger partial charge in [-0.25, -0.2) is 0 Å². The summed E-state index contributed by atoms with van der Waals surface area (Å²) in [5.74, 6) is 0.893. The third-order valence-corrected chi connectivity index (χ3v) is 4.83. The Kier molecular flexibility index (Phi) is 7.32. The van der Waals surface area contributed by atoms with Crippen LogP contribution in [0.15, 0.2) is 66.4 Å². The van der Waals surface area contributed by atoms with Crippen LogP contribution in [0.25, 0.3) is 22.3 Å². The van der Waals surface area contributed by atoms with Crippen LogP contribution in [0.2, 0.25) is 0 Å². The molecule has 0 aliphatic heterocycles. The summed E-state index contributed by atoms with van der Waals surface area (Å²) in [5, 5.41) is 31.1. The van der Waals surface area contributed by atoms with Crippen LogP contribution in [-0.4, -0.2) is 36.1 Å². The maximum absolute atomic E-state index is 11.1. The first-order valence-electron chi connectivity index (χ1n) is 10.1. The second-order valence-electron chi connectivity index (χ2n) is 6.91. The fraction of sp³-hybridized carbons (Fsp3) is 0.192. The average molecular weight is 434 g/mol. The number of phenols is 3. The lowest BCUT2D eigenvalue weighted by atomic mass is 9.96. The van der Waals surface area contributed by atoms with Crippen molar-refractivity contribution < 1.29 is 29.5 Å². The van der Waals surface area contributed by atoms with Gasteiger partial charge >= 0.3 is 0 Å². The molecule has 0 radical (unpaired) electrons. The van der Waals surface area contributed by atoms with Crippen LogP contribution in [0.3, 0.4) is 0 Å². The summed E-state index contributed by atoms with van der Waals surface area (Å²) in [7, 11) is 2.96. The number of rotatable bonds is 8. The van der Waals surface area contributed by atoms with E-state index in [0.29, 0.717) is 28.2 Å². The van der Waals surface area contributed by atoms with Crippen molar-refractivity contribution in [3.05, 3.63) is 66.4 Å². The van der Waals surface area contributed by atoms with E-state index in [-0.39, 0.29) is 29.6 Å². The first-order chi connectivity index (χ1) is 15.5. The fourth-order valence-electron chi connectivity index (χ4n) is 3.30. The van der Waals surface area contributed by atoms with E-state index < -0.39 is 0 Å². The Balaban J connectivity index is 2.03. The van der Waals surface area contributed by atoms with Crippen molar-refractivity contribution in [1.29, 1.82) is 0 Å². The molecule has 0 amide bonds. The largest absolute Gasteiger partial charge is 0.508 e. The zero-order chi connectivity index (χ0) is 23.1. The predicted molar refractivity (Wildman–Crippen MR) is 124 cm³/mol. The summed E-state index contributed by atoms with van der Waals surface area (Å²) in [4.78, 5) is 0. The molecule has 3 rings (SSSR count). The molecule has 0 saturated carbocycles. The second-order valence-corrected chi connectivity index (χ2v) is 6.91. The van der Waals surface area contributed by atoms with Crippen molar-refractivity contribution in [3.8, 4) is 56.8 Å². The lowest BCUT2D eigenvalue weighted by Gasteiger charge is -2.18. The third kappa shape index (κ3) is 4.82. The summed E-state index contributed by atoms with van der Waals surface area (Å²) in [5.41, 5.74) is 5.22. The number of hydrogen-bond acceptors (Lipinski definition) is 6. The highest BCUT2D eigenvalue weighted by Gasteiger charge is 2.22.